The Kier molecular flexibility index (Phi) is 4.88. The molecule has 1 amide bonds. The number of halogens is 2. The molecule has 0 radical (unpaired) electrons. The van der Waals surface area contributed by atoms with Gasteiger partial charge in [-0.05, 0) is 25.1 Å². The molecule has 0 aliphatic rings. The zero-order chi connectivity index (χ0) is 18.7. The van der Waals surface area contributed by atoms with Crippen molar-refractivity contribution in [3.8, 4) is 11.3 Å². The maximum atomic E-state index is 13.7. The number of hydrogen-bond donors (Lipinski definition) is 1. The molecule has 0 saturated carbocycles. The highest BCUT2D eigenvalue weighted by Gasteiger charge is 2.19. The van der Waals surface area contributed by atoms with Gasteiger partial charge in [0, 0.05) is 17.7 Å². The molecule has 0 bridgehead atoms. The Bertz CT molecular complexity index is 1000. The second kappa shape index (κ2) is 7.26. The van der Waals surface area contributed by atoms with E-state index in [1.165, 1.54) is 13.0 Å². The predicted molar refractivity (Wildman–Crippen MR) is 93.6 cm³/mol. The van der Waals surface area contributed by atoms with E-state index in [2.05, 4.69) is 10.4 Å². The van der Waals surface area contributed by atoms with Crippen molar-refractivity contribution in [1.29, 1.82) is 0 Å². The minimum atomic E-state index is -1.02. The van der Waals surface area contributed by atoms with Crippen LogP contribution in [-0.4, -0.2) is 15.7 Å². The number of nitrogens with zero attached hydrogens (tertiary/aromatic N) is 2. The smallest absolute Gasteiger partial charge is 0.267 e. The molecular weight excluding hydrogens is 340 g/mol. The highest BCUT2D eigenvalue weighted by Crippen LogP contribution is 2.18. The molecule has 1 N–H and O–H groups in total. The van der Waals surface area contributed by atoms with Crippen LogP contribution >= 0.6 is 0 Å². The van der Waals surface area contributed by atoms with Crippen LogP contribution in [0.15, 0.2) is 65.5 Å². The molecular formula is C19H15F2N3O2. The van der Waals surface area contributed by atoms with Crippen molar-refractivity contribution >= 4 is 11.6 Å². The molecule has 2 aromatic carbocycles. The van der Waals surface area contributed by atoms with Crippen LogP contribution in [0.4, 0.5) is 14.5 Å². The molecule has 3 rings (SSSR count). The quantitative estimate of drug-likeness (QED) is 0.780. The summed E-state index contributed by atoms with van der Waals surface area (Å²) < 4.78 is 27.9. The minimum absolute atomic E-state index is 0.297. The van der Waals surface area contributed by atoms with E-state index in [1.807, 2.05) is 30.3 Å². The normalized spacial score (nSPS) is 11.8. The van der Waals surface area contributed by atoms with E-state index in [0.29, 0.717) is 5.69 Å². The summed E-state index contributed by atoms with van der Waals surface area (Å²) in [5.74, 6) is -2.14. The minimum Gasteiger partial charge on any atom is -0.322 e. The monoisotopic (exact) mass is 355 g/mol. The summed E-state index contributed by atoms with van der Waals surface area (Å²) in [6.45, 7) is 1.45. The van der Waals surface area contributed by atoms with Gasteiger partial charge in [-0.15, -0.1) is 0 Å². The van der Waals surface area contributed by atoms with Crippen molar-refractivity contribution < 1.29 is 13.6 Å². The van der Waals surface area contributed by atoms with Gasteiger partial charge in [-0.1, -0.05) is 30.3 Å². The topological polar surface area (TPSA) is 64.0 Å². The highest BCUT2D eigenvalue weighted by molar-refractivity contribution is 5.93. The second-order valence-electron chi connectivity index (χ2n) is 5.66. The van der Waals surface area contributed by atoms with Crippen LogP contribution < -0.4 is 10.9 Å². The fourth-order valence-electron chi connectivity index (χ4n) is 2.41. The summed E-state index contributed by atoms with van der Waals surface area (Å²) >= 11 is 0. The van der Waals surface area contributed by atoms with Gasteiger partial charge in [0.1, 0.15) is 17.7 Å². The van der Waals surface area contributed by atoms with Gasteiger partial charge < -0.3 is 5.32 Å². The van der Waals surface area contributed by atoms with Gasteiger partial charge in [-0.2, -0.15) is 5.10 Å². The van der Waals surface area contributed by atoms with Crippen molar-refractivity contribution in [3.63, 3.8) is 0 Å². The number of hydrogen-bond acceptors (Lipinski definition) is 3. The van der Waals surface area contributed by atoms with Gasteiger partial charge in [0.05, 0.1) is 11.4 Å². The third-order valence-electron chi connectivity index (χ3n) is 3.83. The summed E-state index contributed by atoms with van der Waals surface area (Å²) in [6.07, 6.45) is 0. The van der Waals surface area contributed by atoms with E-state index in [1.54, 1.807) is 6.07 Å². The first-order chi connectivity index (χ1) is 12.5. The number of carbonyl (C=O) groups excluding carboxylic acids is 1. The first-order valence-electron chi connectivity index (χ1n) is 7.87. The molecule has 0 aliphatic carbocycles. The lowest BCUT2D eigenvalue weighted by Crippen LogP contribution is -2.33. The van der Waals surface area contributed by atoms with E-state index in [4.69, 9.17) is 0 Å². The van der Waals surface area contributed by atoms with E-state index in [9.17, 15) is 18.4 Å². The lowest BCUT2D eigenvalue weighted by molar-refractivity contribution is -0.119. The molecule has 3 aromatic rings. The molecule has 26 heavy (non-hydrogen) atoms. The molecule has 1 atom stereocenters. The summed E-state index contributed by atoms with van der Waals surface area (Å²) in [4.78, 5) is 24.5. The van der Waals surface area contributed by atoms with Gasteiger partial charge in [0.2, 0.25) is 5.91 Å². The lowest BCUT2D eigenvalue weighted by Gasteiger charge is -2.15. The lowest BCUT2D eigenvalue weighted by atomic mass is 10.1. The number of rotatable bonds is 4. The van der Waals surface area contributed by atoms with Crippen molar-refractivity contribution in [2.24, 2.45) is 0 Å². The largest absolute Gasteiger partial charge is 0.322 e. The van der Waals surface area contributed by atoms with Gasteiger partial charge in [-0.3, -0.25) is 9.59 Å². The number of amides is 1. The summed E-state index contributed by atoms with van der Waals surface area (Å²) in [5.41, 5.74) is 0.521. The zero-order valence-electron chi connectivity index (χ0n) is 13.8. The maximum Gasteiger partial charge on any atom is 0.267 e. The Hall–Kier alpha value is -3.35. The fraction of sp³-hybridized carbons (Fsp3) is 0.105. The molecule has 1 aromatic heterocycles. The van der Waals surface area contributed by atoms with Crippen molar-refractivity contribution in [2.75, 3.05) is 5.32 Å². The van der Waals surface area contributed by atoms with Gasteiger partial charge in [0.25, 0.3) is 5.56 Å². The van der Waals surface area contributed by atoms with Crippen LogP contribution in [0.25, 0.3) is 11.3 Å². The maximum absolute atomic E-state index is 13.7. The zero-order valence-corrected chi connectivity index (χ0v) is 13.8. The molecule has 1 unspecified atom stereocenters. The van der Waals surface area contributed by atoms with Crippen LogP contribution in [-0.2, 0) is 4.79 Å². The third-order valence-corrected chi connectivity index (χ3v) is 3.83. The van der Waals surface area contributed by atoms with Crippen molar-refractivity contribution in [2.45, 2.75) is 13.0 Å². The Morgan fingerprint density at radius 2 is 1.81 bits per heavy atom. The average Bonchev–Trinajstić information content (AvgIpc) is 2.65. The first-order valence-corrected chi connectivity index (χ1v) is 7.87. The number of nitrogens with one attached hydrogen (secondary N) is 1. The number of benzene rings is 2. The Morgan fingerprint density at radius 1 is 1.08 bits per heavy atom. The Morgan fingerprint density at radius 3 is 2.54 bits per heavy atom. The third kappa shape index (κ3) is 3.66. The number of carbonyl (C=O) groups is 1. The molecule has 0 aliphatic heterocycles. The van der Waals surface area contributed by atoms with Gasteiger partial charge in [0.15, 0.2) is 0 Å². The van der Waals surface area contributed by atoms with E-state index >= 15 is 0 Å². The van der Waals surface area contributed by atoms with E-state index < -0.39 is 29.1 Å². The molecule has 7 heteroatoms. The van der Waals surface area contributed by atoms with Crippen LogP contribution in [0.3, 0.4) is 0 Å². The van der Waals surface area contributed by atoms with Crippen molar-refractivity contribution in [1.82, 2.24) is 9.78 Å². The average molecular weight is 355 g/mol. The van der Waals surface area contributed by atoms with E-state index in [-0.39, 0.29) is 5.69 Å². The molecule has 0 fully saturated rings. The predicted octanol–water partition coefficient (Wildman–Crippen LogP) is 3.39. The second-order valence-corrected chi connectivity index (χ2v) is 5.66. The molecule has 132 valence electrons. The Balaban J connectivity index is 1.89. The SMILES string of the molecule is CC(C(=O)Nc1cc(F)ccc1F)n1nc(-c2ccccc2)ccc1=O. The van der Waals surface area contributed by atoms with E-state index in [0.717, 1.165) is 28.4 Å². The highest BCUT2D eigenvalue weighted by atomic mass is 19.1. The summed E-state index contributed by atoms with van der Waals surface area (Å²) in [5, 5.41) is 6.50. The van der Waals surface area contributed by atoms with Gasteiger partial charge >= 0.3 is 0 Å². The number of anilines is 1. The fourth-order valence-corrected chi connectivity index (χ4v) is 2.41. The molecule has 5 nitrogen and oxygen atoms in total. The standard InChI is InChI=1S/C19H15F2N3O2/c1-12(19(26)22-17-11-14(20)7-8-15(17)21)24-18(25)10-9-16(23-24)13-5-3-2-4-6-13/h2-12H,1H3,(H,22,26). The molecule has 0 saturated heterocycles. The van der Waals surface area contributed by atoms with Crippen LogP contribution in [0, 0.1) is 11.6 Å². The van der Waals surface area contributed by atoms with Gasteiger partial charge in [-0.25, -0.2) is 13.5 Å². The first kappa shape index (κ1) is 17.5. The van der Waals surface area contributed by atoms with Crippen LogP contribution in [0.5, 0.6) is 0 Å². The van der Waals surface area contributed by atoms with Crippen molar-refractivity contribution in [3.05, 3.63) is 82.7 Å². The number of aromatic nitrogens is 2. The molecule has 0 spiro atoms. The Labute approximate surface area is 147 Å². The molecule has 1 heterocycles. The van der Waals surface area contributed by atoms with Crippen LogP contribution in [0.1, 0.15) is 13.0 Å². The summed E-state index contributed by atoms with van der Waals surface area (Å²) in [6, 6.07) is 13.7. The summed E-state index contributed by atoms with van der Waals surface area (Å²) in [7, 11) is 0. The van der Waals surface area contributed by atoms with Crippen LogP contribution in [0.2, 0.25) is 0 Å².